The normalized spacial score (nSPS) is 13.9. The maximum Gasteiger partial charge on any atom is 0.244 e. The van der Waals surface area contributed by atoms with Crippen LogP contribution >= 0.6 is 0 Å². The first kappa shape index (κ1) is 21.8. The molecule has 0 fully saturated rings. The first-order valence-electron chi connectivity index (χ1n) is 11.0. The van der Waals surface area contributed by atoms with Crippen molar-refractivity contribution in [2.75, 3.05) is 11.9 Å². The zero-order valence-electron chi connectivity index (χ0n) is 18.3. The Balaban J connectivity index is 1.47. The van der Waals surface area contributed by atoms with Gasteiger partial charge in [0.25, 0.3) is 0 Å². The Morgan fingerprint density at radius 2 is 1.56 bits per heavy atom. The SMILES string of the molecule is N[C@@H](C(=O)N1CCn2c(nc(-c3ccc(F)cc3)c2Nc2ccc(F)cc2)C1)c1ccccc1. The summed E-state index contributed by atoms with van der Waals surface area (Å²) in [7, 11) is 0. The Kier molecular flexibility index (Phi) is 5.81. The van der Waals surface area contributed by atoms with Crippen molar-refractivity contribution in [3.63, 3.8) is 0 Å². The summed E-state index contributed by atoms with van der Waals surface area (Å²) in [5.74, 6) is 0.546. The van der Waals surface area contributed by atoms with Crippen LogP contribution in [0.25, 0.3) is 11.3 Å². The van der Waals surface area contributed by atoms with Gasteiger partial charge in [0.15, 0.2) is 0 Å². The number of aromatic nitrogens is 2. The number of nitrogens with one attached hydrogen (secondary N) is 1. The smallest absolute Gasteiger partial charge is 0.244 e. The van der Waals surface area contributed by atoms with Crippen molar-refractivity contribution in [1.29, 1.82) is 0 Å². The van der Waals surface area contributed by atoms with Gasteiger partial charge in [-0.05, 0) is 54.1 Å². The fourth-order valence-corrected chi connectivity index (χ4v) is 4.12. The third kappa shape index (κ3) is 4.27. The molecule has 2 heterocycles. The monoisotopic (exact) mass is 459 g/mol. The summed E-state index contributed by atoms with van der Waals surface area (Å²) in [6, 6.07) is 20.6. The molecule has 0 saturated carbocycles. The van der Waals surface area contributed by atoms with E-state index in [-0.39, 0.29) is 17.5 Å². The third-order valence-corrected chi connectivity index (χ3v) is 5.93. The average Bonchev–Trinajstić information content (AvgIpc) is 3.23. The molecule has 0 spiro atoms. The molecular weight excluding hydrogens is 436 g/mol. The molecule has 34 heavy (non-hydrogen) atoms. The van der Waals surface area contributed by atoms with Crippen LogP contribution in [0.4, 0.5) is 20.3 Å². The number of anilines is 2. The molecule has 4 aromatic rings. The largest absolute Gasteiger partial charge is 0.340 e. The van der Waals surface area contributed by atoms with E-state index >= 15 is 0 Å². The molecule has 5 rings (SSSR count). The number of fused-ring (bicyclic) bond motifs is 1. The molecule has 3 N–H and O–H groups in total. The summed E-state index contributed by atoms with van der Waals surface area (Å²) in [5.41, 5.74) is 9.05. The number of nitrogens with zero attached hydrogens (tertiary/aromatic N) is 3. The predicted molar refractivity (Wildman–Crippen MR) is 126 cm³/mol. The lowest BCUT2D eigenvalue weighted by Crippen LogP contribution is -2.43. The van der Waals surface area contributed by atoms with Crippen molar-refractivity contribution in [3.05, 3.63) is 102 Å². The highest BCUT2D eigenvalue weighted by atomic mass is 19.1. The number of amides is 1. The van der Waals surface area contributed by atoms with E-state index in [1.807, 2.05) is 34.9 Å². The molecule has 1 amide bonds. The van der Waals surface area contributed by atoms with Gasteiger partial charge in [0.2, 0.25) is 5.91 Å². The number of carbonyl (C=O) groups excluding carboxylic acids is 1. The molecule has 0 radical (unpaired) electrons. The van der Waals surface area contributed by atoms with Gasteiger partial charge in [-0.25, -0.2) is 13.8 Å². The lowest BCUT2D eigenvalue weighted by atomic mass is 10.1. The van der Waals surface area contributed by atoms with Crippen LogP contribution in [0.15, 0.2) is 78.9 Å². The van der Waals surface area contributed by atoms with E-state index in [1.54, 1.807) is 29.2 Å². The van der Waals surface area contributed by atoms with Gasteiger partial charge in [0, 0.05) is 24.3 Å². The van der Waals surface area contributed by atoms with Gasteiger partial charge in [-0.2, -0.15) is 0 Å². The fraction of sp³-hybridized carbons (Fsp3) is 0.154. The molecule has 0 saturated heterocycles. The lowest BCUT2D eigenvalue weighted by molar-refractivity contribution is -0.134. The Labute approximate surface area is 195 Å². The van der Waals surface area contributed by atoms with Gasteiger partial charge in [0.05, 0.1) is 6.54 Å². The van der Waals surface area contributed by atoms with Crippen LogP contribution in [-0.4, -0.2) is 26.9 Å². The van der Waals surface area contributed by atoms with Crippen LogP contribution in [-0.2, 0) is 17.9 Å². The summed E-state index contributed by atoms with van der Waals surface area (Å²) in [5, 5.41) is 3.33. The highest BCUT2D eigenvalue weighted by Gasteiger charge is 2.29. The molecule has 0 bridgehead atoms. The van der Waals surface area contributed by atoms with E-state index in [9.17, 15) is 13.6 Å². The minimum atomic E-state index is -0.754. The quantitative estimate of drug-likeness (QED) is 0.457. The average molecular weight is 460 g/mol. The number of carbonyl (C=O) groups is 1. The first-order valence-corrected chi connectivity index (χ1v) is 11.0. The highest BCUT2D eigenvalue weighted by Crippen LogP contribution is 2.33. The van der Waals surface area contributed by atoms with Crippen molar-refractivity contribution in [2.24, 2.45) is 5.73 Å². The number of rotatable bonds is 5. The van der Waals surface area contributed by atoms with Gasteiger partial charge < -0.3 is 20.5 Å². The van der Waals surface area contributed by atoms with Gasteiger partial charge in [-0.1, -0.05) is 30.3 Å². The molecule has 172 valence electrons. The van der Waals surface area contributed by atoms with E-state index in [2.05, 4.69) is 5.32 Å². The van der Waals surface area contributed by atoms with Gasteiger partial charge in [0.1, 0.15) is 35.0 Å². The maximum atomic E-state index is 13.5. The standard InChI is InChI=1S/C26H23F2N5O/c27-19-8-6-18(7-9-19)24-25(30-21-12-10-20(28)11-13-21)33-15-14-32(16-22(33)31-24)26(34)23(29)17-4-2-1-3-5-17/h1-13,23,30H,14-16,29H2/t23-/m1/s1. The van der Waals surface area contributed by atoms with Gasteiger partial charge >= 0.3 is 0 Å². The molecular formula is C26H23F2N5O. The minimum Gasteiger partial charge on any atom is -0.340 e. The summed E-state index contributed by atoms with van der Waals surface area (Å²) in [6.07, 6.45) is 0. The Bertz CT molecular complexity index is 1300. The van der Waals surface area contributed by atoms with Crippen molar-refractivity contribution < 1.29 is 13.6 Å². The molecule has 1 aromatic heterocycles. The first-order chi connectivity index (χ1) is 16.5. The molecule has 1 aliphatic rings. The number of hydrogen-bond acceptors (Lipinski definition) is 4. The lowest BCUT2D eigenvalue weighted by Gasteiger charge is -2.30. The number of halogens is 2. The second kappa shape index (κ2) is 9.07. The molecule has 1 aliphatic heterocycles. The van der Waals surface area contributed by atoms with E-state index in [1.165, 1.54) is 24.3 Å². The number of hydrogen-bond donors (Lipinski definition) is 2. The van der Waals surface area contributed by atoms with E-state index in [0.717, 1.165) is 11.1 Å². The maximum absolute atomic E-state index is 13.5. The van der Waals surface area contributed by atoms with E-state index < -0.39 is 6.04 Å². The topological polar surface area (TPSA) is 76.2 Å². The Morgan fingerprint density at radius 1 is 0.912 bits per heavy atom. The Hall–Kier alpha value is -4.04. The molecule has 0 aliphatic carbocycles. The van der Waals surface area contributed by atoms with Crippen LogP contribution in [0.3, 0.4) is 0 Å². The second-order valence-corrected chi connectivity index (χ2v) is 8.16. The minimum absolute atomic E-state index is 0.170. The van der Waals surface area contributed by atoms with Crippen molar-refractivity contribution in [2.45, 2.75) is 19.1 Å². The van der Waals surface area contributed by atoms with Crippen molar-refractivity contribution >= 4 is 17.4 Å². The predicted octanol–water partition coefficient (Wildman–Crippen LogP) is 4.61. The zero-order valence-corrected chi connectivity index (χ0v) is 18.3. The highest BCUT2D eigenvalue weighted by molar-refractivity contribution is 5.83. The molecule has 6 nitrogen and oxygen atoms in total. The van der Waals surface area contributed by atoms with Crippen LogP contribution in [0.1, 0.15) is 17.4 Å². The summed E-state index contributed by atoms with van der Waals surface area (Å²) >= 11 is 0. The van der Waals surface area contributed by atoms with Crippen LogP contribution in [0, 0.1) is 11.6 Å². The van der Waals surface area contributed by atoms with Gasteiger partial charge in [-0.15, -0.1) is 0 Å². The summed E-state index contributed by atoms with van der Waals surface area (Å²) in [4.78, 5) is 19.6. The van der Waals surface area contributed by atoms with Crippen molar-refractivity contribution in [1.82, 2.24) is 14.5 Å². The van der Waals surface area contributed by atoms with Crippen LogP contribution in [0.2, 0.25) is 0 Å². The molecule has 0 unspecified atom stereocenters. The number of imidazole rings is 1. The Morgan fingerprint density at radius 3 is 2.24 bits per heavy atom. The van der Waals surface area contributed by atoms with Gasteiger partial charge in [-0.3, -0.25) is 4.79 Å². The zero-order chi connectivity index (χ0) is 23.7. The summed E-state index contributed by atoms with van der Waals surface area (Å²) < 4.78 is 28.9. The van der Waals surface area contributed by atoms with E-state index in [4.69, 9.17) is 10.7 Å². The summed E-state index contributed by atoms with van der Waals surface area (Å²) in [6.45, 7) is 1.25. The molecule has 8 heteroatoms. The molecule has 1 atom stereocenters. The second-order valence-electron chi connectivity index (χ2n) is 8.16. The number of benzene rings is 3. The fourth-order valence-electron chi connectivity index (χ4n) is 4.12. The molecule has 3 aromatic carbocycles. The van der Waals surface area contributed by atoms with E-state index in [0.29, 0.717) is 42.7 Å². The third-order valence-electron chi connectivity index (χ3n) is 5.93. The number of nitrogens with two attached hydrogens (primary N) is 1. The van der Waals surface area contributed by atoms with Crippen molar-refractivity contribution in [3.8, 4) is 11.3 Å². The van der Waals surface area contributed by atoms with Crippen LogP contribution in [0.5, 0.6) is 0 Å². The van der Waals surface area contributed by atoms with Crippen LogP contribution < -0.4 is 11.1 Å².